The summed E-state index contributed by atoms with van der Waals surface area (Å²) in [7, 11) is 0. The van der Waals surface area contributed by atoms with Crippen LogP contribution in [0.1, 0.15) is 38.1 Å². The monoisotopic (exact) mass is 434 g/mol. The first kappa shape index (κ1) is 21.5. The Balaban J connectivity index is 1.94. The van der Waals surface area contributed by atoms with E-state index in [9.17, 15) is 9.59 Å². The topological polar surface area (TPSA) is 58.6 Å². The van der Waals surface area contributed by atoms with Crippen LogP contribution in [0.4, 0.5) is 11.4 Å². The number of nitrogens with zero attached hydrogens (tertiary/aromatic N) is 1. The predicted molar refractivity (Wildman–Crippen MR) is 117 cm³/mol. The molecule has 0 fully saturated rings. The number of nitrogens with one attached hydrogen (secondary N) is 1. The predicted octanol–water partition coefficient (Wildman–Crippen LogP) is 5.65. The van der Waals surface area contributed by atoms with Crippen molar-refractivity contribution in [3.8, 4) is 5.75 Å². The molecule has 0 aromatic heterocycles. The highest BCUT2D eigenvalue weighted by atomic mass is 35.5. The molecule has 1 aliphatic rings. The minimum Gasteiger partial charge on any atom is -0.490 e. The van der Waals surface area contributed by atoms with Crippen molar-refractivity contribution in [3.63, 3.8) is 0 Å². The SMILES string of the molecule is CC(C)CN1C(=O)C(C)(C)COc2ccc(NC(=O)c3cc(Cl)cc(Cl)c3)cc21. The Morgan fingerprint density at radius 1 is 1.17 bits per heavy atom. The molecule has 0 aliphatic carbocycles. The Morgan fingerprint density at radius 3 is 2.45 bits per heavy atom. The smallest absolute Gasteiger partial charge is 0.255 e. The van der Waals surface area contributed by atoms with E-state index in [1.165, 1.54) is 0 Å². The van der Waals surface area contributed by atoms with E-state index >= 15 is 0 Å². The molecule has 0 saturated carbocycles. The van der Waals surface area contributed by atoms with Crippen LogP contribution in [0.3, 0.4) is 0 Å². The minimum atomic E-state index is -0.644. The van der Waals surface area contributed by atoms with Crippen molar-refractivity contribution in [1.29, 1.82) is 0 Å². The molecule has 0 radical (unpaired) electrons. The molecule has 0 spiro atoms. The average Bonchev–Trinajstić information content (AvgIpc) is 2.71. The van der Waals surface area contributed by atoms with Gasteiger partial charge in [-0.3, -0.25) is 9.59 Å². The highest BCUT2D eigenvalue weighted by Gasteiger charge is 2.38. The number of fused-ring (bicyclic) bond motifs is 1. The van der Waals surface area contributed by atoms with Gasteiger partial charge in [-0.2, -0.15) is 0 Å². The fourth-order valence-corrected chi connectivity index (χ4v) is 3.68. The van der Waals surface area contributed by atoms with Crippen molar-refractivity contribution in [2.75, 3.05) is 23.4 Å². The maximum Gasteiger partial charge on any atom is 0.255 e. The molecule has 0 atom stereocenters. The normalized spacial score (nSPS) is 15.6. The van der Waals surface area contributed by atoms with Crippen LogP contribution < -0.4 is 15.0 Å². The molecule has 154 valence electrons. The average molecular weight is 435 g/mol. The Hall–Kier alpha value is -2.24. The van der Waals surface area contributed by atoms with Gasteiger partial charge in [0.15, 0.2) is 0 Å². The molecule has 1 aliphatic heterocycles. The third kappa shape index (κ3) is 4.85. The molecule has 2 amide bonds. The summed E-state index contributed by atoms with van der Waals surface area (Å²) in [6.07, 6.45) is 0. The molecule has 0 unspecified atom stereocenters. The molecule has 7 heteroatoms. The van der Waals surface area contributed by atoms with Gasteiger partial charge in [0.05, 0.1) is 11.1 Å². The molecule has 29 heavy (non-hydrogen) atoms. The highest BCUT2D eigenvalue weighted by molar-refractivity contribution is 6.35. The number of rotatable bonds is 4. The fraction of sp³-hybridized carbons (Fsp3) is 0.364. The first-order chi connectivity index (χ1) is 13.6. The number of carbonyl (C=O) groups is 2. The van der Waals surface area contributed by atoms with Crippen LogP contribution in [-0.2, 0) is 4.79 Å². The van der Waals surface area contributed by atoms with E-state index in [2.05, 4.69) is 19.2 Å². The Kier molecular flexibility index (Phi) is 6.11. The number of hydrogen-bond acceptors (Lipinski definition) is 3. The van der Waals surface area contributed by atoms with E-state index in [4.69, 9.17) is 27.9 Å². The largest absolute Gasteiger partial charge is 0.490 e. The quantitative estimate of drug-likeness (QED) is 0.675. The lowest BCUT2D eigenvalue weighted by Crippen LogP contribution is -2.43. The first-order valence-corrected chi connectivity index (χ1v) is 10.2. The van der Waals surface area contributed by atoms with Crippen LogP contribution in [0, 0.1) is 11.3 Å². The van der Waals surface area contributed by atoms with Gasteiger partial charge >= 0.3 is 0 Å². The fourth-order valence-electron chi connectivity index (χ4n) is 3.16. The Bertz CT molecular complexity index is 937. The first-order valence-electron chi connectivity index (χ1n) is 9.43. The summed E-state index contributed by atoms with van der Waals surface area (Å²) >= 11 is 12.0. The highest BCUT2D eigenvalue weighted by Crippen LogP contribution is 2.38. The Morgan fingerprint density at radius 2 is 1.83 bits per heavy atom. The van der Waals surface area contributed by atoms with Crippen LogP contribution >= 0.6 is 23.2 Å². The molecule has 2 aromatic carbocycles. The van der Waals surface area contributed by atoms with Crippen LogP contribution in [0.5, 0.6) is 5.75 Å². The lowest BCUT2D eigenvalue weighted by molar-refractivity contribution is -0.127. The van der Waals surface area contributed by atoms with Crippen molar-refractivity contribution in [2.45, 2.75) is 27.7 Å². The van der Waals surface area contributed by atoms with Crippen LogP contribution in [0.25, 0.3) is 0 Å². The van der Waals surface area contributed by atoms with E-state index in [-0.39, 0.29) is 17.7 Å². The molecule has 5 nitrogen and oxygen atoms in total. The standard InChI is InChI=1S/C22H24Cl2N2O3/c1-13(2)11-26-18-10-17(5-6-19(18)29-12-22(3,4)21(26)28)25-20(27)14-7-15(23)9-16(24)8-14/h5-10,13H,11-12H2,1-4H3,(H,25,27). The second kappa shape index (κ2) is 8.25. The molecule has 2 aromatic rings. The van der Waals surface area contributed by atoms with Gasteiger partial charge in [-0.1, -0.05) is 37.0 Å². The van der Waals surface area contributed by atoms with E-state index in [0.717, 1.165) is 0 Å². The molecule has 1 N–H and O–H groups in total. The van der Waals surface area contributed by atoms with Gasteiger partial charge in [-0.15, -0.1) is 0 Å². The number of amides is 2. The summed E-state index contributed by atoms with van der Waals surface area (Å²) in [6, 6.07) is 9.95. The van der Waals surface area contributed by atoms with Crippen molar-refractivity contribution >= 4 is 46.4 Å². The van der Waals surface area contributed by atoms with Crippen LogP contribution in [-0.4, -0.2) is 25.0 Å². The lowest BCUT2D eigenvalue weighted by Gasteiger charge is -2.29. The zero-order valence-corrected chi connectivity index (χ0v) is 18.4. The maximum atomic E-state index is 13.1. The van der Waals surface area contributed by atoms with Crippen molar-refractivity contribution in [3.05, 3.63) is 52.0 Å². The summed E-state index contributed by atoms with van der Waals surface area (Å²) in [5.41, 5.74) is 0.908. The Labute approximate surface area is 180 Å². The summed E-state index contributed by atoms with van der Waals surface area (Å²) in [5.74, 6) is 0.543. The number of hydrogen-bond donors (Lipinski definition) is 1. The number of anilines is 2. The van der Waals surface area contributed by atoms with E-state index in [1.807, 2.05) is 13.8 Å². The molecular formula is C22H24Cl2N2O3. The summed E-state index contributed by atoms with van der Waals surface area (Å²) in [4.78, 5) is 27.5. The number of ether oxygens (including phenoxy) is 1. The van der Waals surface area contributed by atoms with E-state index in [1.54, 1.807) is 41.3 Å². The number of benzene rings is 2. The van der Waals surface area contributed by atoms with Crippen molar-refractivity contribution in [1.82, 2.24) is 0 Å². The lowest BCUT2D eigenvalue weighted by atomic mass is 9.92. The zero-order valence-electron chi connectivity index (χ0n) is 16.9. The van der Waals surface area contributed by atoms with E-state index in [0.29, 0.717) is 45.9 Å². The van der Waals surface area contributed by atoms with Gasteiger partial charge < -0.3 is 15.0 Å². The third-order valence-corrected chi connectivity index (χ3v) is 5.03. The van der Waals surface area contributed by atoms with Gasteiger partial charge in [0.1, 0.15) is 12.4 Å². The molecule has 3 rings (SSSR count). The van der Waals surface area contributed by atoms with Crippen molar-refractivity contribution < 1.29 is 14.3 Å². The zero-order chi connectivity index (χ0) is 21.3. The number of carbonyl (C=O) groups excluding carboxylic acids is 2. The van der Waals surface area contributed by atoms with Crippen LogP contribution in [0.2, 0.25) is 10.0 Å². The van der Waals surface area contributed by atoms with E-state index < -0.39 is 5.41 Å². The van der Waals surface area contributed by atoms with Gasteiger partial charge in [0.2, 0.25) is 5.91 Å². The summed E-state index contributed by atoms with van der Waals surface area (Å²) in [6.45, 7) is 8.71. The summed E-state index contributed by atoms with van der Waals surface area (Å²) in [5, 5.41) is 3.61. The van der Waals surface area contributed by atoms with Gasteiger partial charge in [-0.05, 0) is 56.2 Å². The molecular weight excluding hydrogens is 411 g/mol. The summed E-state index contributed by atoms with van der Waals surface area (Å²) < 4.78 is 5.91. The van der Waals surface area contributed by atoms with Gasteiger partial charge in [0, 0.05) is 27.8 Å². The van der Waals surface area contributed by atoms with Crippen molar-refractivity contribution in [2.24, 2.45) is 11.3 Å². The second-order valence-corrected chi connectivity index (χ2v) is 9.15. The minimum absolute atomic E-state index is 0.00458. The van der Waals surface area contributed by atoms with Crippen LogP contribution in [0.15, 0.2) is 36.4 Å². The molecule has 0 saturated heterocycles. The maximum absolute atomic E-state index is 13.1. The number of halogens is 2. The van der Waals surface area contributed by atoms with Gasteiger partial charge in [-0.25, -0.2) is 0 Å². The third-order valence-electron chi connectivity index (χ3n) is 4.59. The molecule has 0 bridgehead atoms. The molecule has 1 heterocycles. The second-order valence-electron chi connectivity index (χ2n) is 8.28. The van der Waals surface area contributed by atoms with Gasteiger partial charge in [0.25, 0.3) is 5.91 Å².